The van der Waals surface area contributed by atoms with Crippen molar-refractivity contribution in [2.24, 2.45) is 0 Å². The maximum absolute atomic E-state index is 12.8. The van der Waals surface area contributed by atoms with Crippen molar-refractivity contribution in [1.29, 1.82) is 0 Å². The molecule has 0 aliphatic rings. The Hall–Kier alpha value is -3.94. The summed E-state index contributed by atoms with van der Waals surface area (Å²) >= 11 is 0. The Balaban J connectivity index is 1.73. The molecule has 1 aromatic heterocycles. The van der Waals surface area contributed by atoms with Gasteiger partial charge in [0.25, 0.3) is 0 Å². The Morgan fingerprint density at radius 3 is 2.26 bits per heavy atom. The van der Waals surface area contributed by atoms with Crippen LogP contribution in [0.4, 0.5) is 13.2 Å². The zero-order valence-electron chi connectivity index (χ0n) is 16.3. The van der Waals surface area contributed by atoms with Crippen LogP contribution in [0.5, 0.6) is 0 Å². The summed E-state index contributed by atoms with van der Waals surface area (Å²) in [6.45, 7) is 0. The van der Waals surface area contributed by atoms with Crippen LogP contribution in [0.3, 0.4) is 0 Å². The summed E-state index contributed by atoms with van der Waals surface area (Å²) in [5.74, 6) is -0.498. The lowest BCUT2D eigenvalue weighted by atomic mass is 10.0. The Morgan fingerprint density at radius 1 is 0.903 bits per heavy atom. The van der Waals surface area contributed by atoms with Gasteiger partial charge in [-0.3, -0.25) is 0 Å². The zero-order chi connectivity index (χ0) is 22.0. The predicted molar refractivity (Wildman–Crippen MR) is 109 cm³/mol. The lowest BCUT2D eigenvalue weighted by Gasteiger charge is -2.09. The summed E-state index contributed by atoms with van der Waals surface area (Å²) < 4.78 is 44.7. The first-order valence-electron chi connectivity index (χ1n) is 9.24. The molecule has 156 valence electrons. The van der Waals surface area contributed by atoms with Crippen LogP contribution in [0.15, 0.2) is 79.0 Å². The van der Waals surface area contributed by atoms with Gasteiger partial charge >= 0.3 is 12.1 Å². The average Bonchev–Trinajstić information content (AvgIpc) is 3.29. The monoisotopic (exact) mass is 423 g/mol. The van der Waals surface area contributed by atoms with E-state index in [0.717, 1.165) is 23.3 Å². The van der Waals surface area contributed by atoms with Crippen LogP contribution in [0, 0.1) is 0 Å². The van der Waals surface area contributed by atoms with Gasteiger partial charge in [0, 0.05) is 5.56 Å². The highest BCUT2D eigenvalue weighted by Crippen LogP contribution is 2.31. The number of ether oxygens (including phenoxy) is 1. The van der Waals surface area contributed by atoms with Crippen molar-refractivity contribution >= 4 is 5.97 Å². The van der Waals surface area contributed by atoms with E-state index < -0.39 is 17.7 Å². The topological polar surface area (TPSA) is 57.0 Å². The van der Waals surface area contributed by atoms with Crippen LogP contribution in [-0.2, 0) is 10.9 Å². The number of methoxy groups -OCH3 is 1. The largest absolute Gasteiger partial charge is 0.465 e. The molecule has 0 amide bonds. The number of nitrogens with zero attached hydrogens (tertiary/aromatic N) is 3. The van der Waals surface area contributed by atoms with Crippen molar-refractivity contribution in [2.75, 3.05) is 7.11 Å². The molecule has 0 atom stereocenters. The molecule has 0 N–H and O–H groups in total. The van der Waals surface area contributed by atoms with Crippen LogP contribution in [0.1, 0.15) is 15.9 Å². The molecule has 0 unspecified atom stereocenters. The molecule has 4 rings (SSSR count). The highest BCUT2D eigenvalue weighted by molar-refractivity contribution is 5.92. The van der Waals surface area contributed by atoms with Gasteiger partial charge in [0.15, 0.2) is 0 Å². The minimum Gasteiger partial charge on any atom is -0.465 e. The fourth-order valence-corrected chi connectivity index (χ4v) is 3.13. The molecule has 31 heavy (non-hydrogen) atoms. The quantitative estimate of drug-likeness (QED) is 0.412. The molecule has 4 aromatic rings. The maximum Gasteiger partial charge on any atom is 0.416 e. The van der Waals surface area contributed by atoms with E-state index in [1.165, 1.54) is 23.9 Å². The highest BCUT2D eigenvalue weighted by Gasteiger charge is 2.30. The Bertz CT molecular complexity index is 1220. The second kappa shape index (κ2) is 8.06. The van der Waals surface area contributed by atoms with Crippen LogP contribution in [-0.4, -0.2) is 28.1 Å². The first kappa shape index (κ1) is 20.3. The van der Waals surface area contributed by atoms with E-state index >= 15 is 0 Å². The molecule has 0 radical (unpaired) electrons. The van der Waals surface area contributed by atoms with Gasteiger partial charge in [0.2, 0.25) is 0 Å². The fourth-order valence-electron chi connectivity index (χ4n) is 3.13. The molecule has 0 saturated heterocycles. The number of carbonyl (C=O) groups is 1. The number of rotatable bonds is 4. The molecule has 0 spiro atoms. The van der Waals surface area contributed by atoms with Crippen LogP contribution in [0.25, 0.3) is 28.1 Å². The van der Waals surface area contributed by atoms with E-state index in [1.807, 2.05) is 36.4 Å². The SMILES string of the molecule is COC(=O)c1cc(-c2ccccc2)cc(-n2cc(-c3ccc(C(F)(F)F)cc3)nn2)c1. The van der Waals surface area contributed by atoms with E-state index in [-0.39, 0.29) is 0 Å². The van der Waals surface area contributed by atoms with Crippen molar-refractivity contribution in [3.63, 3.8) is 0 Å². The van der Waals surface area contributed by atoms with Gasteiger partial charge in [-0.15, -0.1) is 5.10 Å². The van der Waals surface area contributed by atoms with Crippen molar-refractivity contribution in [3.8, 4) is 28.1 Å². The minimum absolute atomic E-state index is 0.338. The van der Waals surface area contributed by atoms with E-state index in [2.05, 4.69) is 10.3 Å². The summed E-state index contributed by atoms with van der Waals surface area (Å²) in [5, 5.41) is 8.15. The van der Waals surface area contributed by atoms with Gasteiger partial charge < -0.3 is 4.74 Å². The lowest BCUT2D eigenvalue weighted by molar-refractivity contribution is -0.137. The van der Waals surface area contributed by atoms with Crippen LogP contribution >= 0.6 is 0 Å². The Morgan fingerprint density at radius 2 is 1.61 bits per heavy atom. The van der Waals surface area contributed by atoms with Crippen LogP contribution in [0.2, 0.25) is 0 Å². The second-order valence-electron chi connectivity index (χ2n) is 6.75. The number of carbonyl (C=O) groups excluding carboxylic acids is 1. The third kappa shape index (κ3) is 4.32. The maximum atomic E-state index is 12.8. The lowest BCUT2D eigenvalue weighted by Crippen LogP contribution is -2.04. The van der Waals surface area contributed by atoms with Gasteiger partial charge in [-0.1, -0.05) is 47.7 Å². The van der Waals surface area contributed by atoms with E-state index in [0.29, 0.717) is 22.5 Å². The Labute approximate surface area is 175 Å². The molecule has 0 aliphatic carbocycles. The molecule has 1 heterocycles. The second-order valence-corrected chi connectivity index (χ2v) is 6.75. The number of alkyl halides is 3. The number of aromatic nitrogens is 3. The van der Waals surface area contributed by atoms with E-state index in [9.17, 15) is 18.0 Å². The highest BCUT2D eigenvalue weighted by atomic mass is 19.4. The summed E-state index contributed by atoms with van der Waals surface area (Å²) in [6, 6.07) is 19.4. The number of hydrogen-bond acceptors (Lipinski definition) is 4. The number of halogens is 3. The van der Waals surface area contributed by atoms with Crippen LogP contribution < -0.4 is 0 Å². The predicted octanol–water partition coefficient (Wildman–Crippen LogP) is 5.41. The smallest absolute Gasteiger partial charge is 0.416 e. The van der Waals surface area contributed by atoms with Crippen molar-refractivity contribution in [1.82, 2.24) is 15.0 Å². The molecule has 0 saturated carbocycles. The van der Waals surface area contributed by atoms with E-state index in [4.69, 9.17) is 4.74 Å². The summed E-state index contributed by atoms with van der Waals surface area (Å²) in [4.78, 5) is 12.2. The molecular formula is C23H16F3N3O2. The molecule has 5 nitrogen and oxygen atoms in total. The fraction of sp³-hybridized carbons (Fsp3) is 0.0870. The molecule has 0 fully saturated rings. The number of hydrogen-bond donors (Lipinski definition) is 0. The van der Waals surface area contributed by atoms with Gasteiger partial charge in [0.1, 0.15) is 5.69 Å². The van der Waals surface area contributed by atoms with Gasteiger partial charge in [-0.05, 0) is 41.5 Å². The minimum atomic E-state index is -4.40. The van der Waals surface area contributed by atoms with Gasteiger partial charge in [0.05, 0.1) is 30.1 Å². The first-order chi connectivity index (χ1) is 14.8. The zero-order valence-corrected chi connectivity index (χ0v) is 16.3. The summed E-state index contributed by atoms with van der Waals surface area (Å²) in [7, 11) is 1.30. The average molecular weight is 423 g/mol. The summed E-state index contributed by atoms with van der Waals surface area (Å²) in [5.41, 5.74) is 2.74. The van der Waals surface area contributed by atoms with Crippen molar-refractivity contribution < 1.29 is 22.7 Å². The number of benzene rings is 3. The third-order valence-electron chi connectivity index (χ3n) is 4.71. The van der Waals surface area contributed by atoms with Crippen molar-refractivity contribution in [3.05, 3.63) is 90.1 Å². The number of esters is 1. The standard InChI is InChI=1S/C23H16F3N3O2/c1-31-22(30)18-11-17(15-5-3-2-4-6-15)12-20(13-18)29-14-21(27-28-29)16-7-9-19(10-8-16)23(24,25)26/h2-14H,1H3. The van der Waals surface area contributed by atoms with E-state index in [1.54, 1.807) is 18.3 Å². The molecule has 0 aliphatic heterocycles. The Kier molecular flexibility index (Phi) is 5.29. The van der Waals surface area contributed by atoms with Crippen molar-refractivity contribution in [2.45, 2.75) is 6.18 Å². The molecular weight excluding hydrogens is 407 g/mol. The van der Waals surface area contributed by atoms with Gasteiger partial charge in [-0.2, -0.15) is 13.2 Å². The molecule has 8 heteroatoms. The summed E-state index contributed by atoms with van der Waals surface area (Å²) in [6.07, 6.45) is -2.81. The first-order valence-corrected chi connectivity index (χ1v) is 9.24. The molecule has 3 aromatic carbocycles. The third-order valence-corrected chi connectivity index (χ3v) is 4.71. The molecule has 0 bridgehead atoms. The normalized spacial score (nSPS) is 11.4. The van der Waals surface area contributed by atoms with Gasteiger partial charge in [-0.25, -0.2) is 9.48 Å².